The molecule has 1 nitrogen and oxygen atoms in total. The molecule has 0 fully saturated rings. The zero-order valence-corrected chi connectivity index (χ0v) is 11.3. The monoisotopic (exact) mass is 240 g/mol. The lowest BCUT2D eigenvalue weighted by molar-refractivity contribution is 0.386. The Bertz CT molecular complexity index is 322. The molecule has 0 aliphatic rings. The molecular formula is C14H21ClO. The molecule has 0 aromatic heterocycles. The van der Waals surface area contributed by atoms with Gasteiger partial charge < -0.3 is 4.74 Å². The average Bonchev–Trinajstić information content (AvgIpc) is 2.28. The first kappa shape index (κ1) is 13.4. The van der Waals surface area contributed by atoms with Gasteiger partial charge in [0.05, 0.1) is 7.11 Å². The molecule has 0 radical (unpaired) electrons. The molecule has 2 unspecified atom stereocenters. The minimum absolute atomic E-state index is 0.163. The van der Waals surface area contributed by atoms with Crippen LogP contribution in [0, 0.1) is 11.8 Å². The average molecular weight is 241 g/mol. The lowest BCUT2D eigenvalue weighted by Gasteiger charge is -2.22. The van der Waals surface area contributed by atoms with E-state index >= 15 is 0 Å². The molecule has 0 saturated carbocycles. The van der Waals surface area contributed by atoms with Gasteiger partial charge in [0.15, 0.2) is 0 Å². The summed E-state index contributed by atoms with van der Waals surface area (Å²) in [4.78, 5) is 0. The molecule has 0 aliphatic heterocycles. The molecule has 0 heterocycles. The smallest absolute Gasteiger partial charge is 0.122 e. The number of rotatable bonds is 5. The molecule has 1 aromatic rings. The van der Waals surface area contributed by atoms with Gasteiger partial charge in [0.25, 0.3) is 0 Å². The van der Waals surface area contributed by atoms with Gasteiger partial charge in [-0.25, -0.2) is 0 Å². The van der Waals surface area contributed by atoms with E-state index in [9.17, 15) is 0 Å². The summed E-state index contributed by atoms with van der Waals surface area (Å²) in [7, 11) is 1.70. The Morgan fingerprint density at radius 1 is 1.19 bits per heavy atom. The van der Waals surface area contributed by atoms with Crippen molar-refractivity contribution in [3.8, 4) is 5.75 Å². The maximum Gasteiger partial charge on any atom is 0.122 e. The van der Waals surface area contributed by atoms with Crippen LogP contribution >= 0.6 is 11.6 Å². The molecule has 16 heavy (non-hydrogen) atoms. The summed E-state index contributed by atoms with van der Waals surface area (Å²) in [5.41, 5.74) is 1.19. The van der Waals surface area contributed by atoms with Gasteiger partial charge in [0.2, 0.25) is 0 Å². The lowest BCUT2D eigenvalue weighted by Crippen LogP contribution is -2.19. The number of halogens is 1. The predicted octanol–water partition coefficient (Wildman–Crippen LogP) is 4.14. The van der Waals surface area contributed by atoms with Gasteiger partial charge in [0, 0.05) is 5.38 Å². The Hall–Kier alpha value is -0.690. The van der Waals surface area contributed by atoms with Gasteiger partial charge in [-0.05, 0) is 29.9 Å². The molecule has 0 aliphatic carbocycles. The minimum Gasteiger partial charge on any atom is -0.496 e. The Morgan fingerprint density at radius 3 is 2.38 bits per heavy atom. The quantitative estimate of drug-likeness (QED) is 0.703. The number of hydrogen-bond donors (Lipinski definition) is 0. The van der Waals surface area contributed by atoms with Gasteiger partial charge in [0.1, 0.15) is 5.75 Å². The fourth-order valence-electron chi connectivity index (χ4n) is 1.69. The number of benzene rings is 1. The second-order valence-corrected chi connectivity index (χ2v) is 5.20. The first-order chi connectivity index (χ1) is 7.56. The van der Waals surface area contributed by atoms with E-state index in [1.54, 1.807) is 7.11 Å². The number of ether oxygens (including phenoxy) is 1. The first-order valence-corrected chi connectivity index (χ1v) is 6.25. The fourth-order valence-corrected chi connectivity index (χ4v) is 2.14. The van der Waals surface area contributed by atoms with Crippen molar-refractivity contribution in [2.75, 3.05) is 7.11 Å². The topological polar surface area (TPSA) is 9.23 Å². The fraction of sp³-hybridized carbons (Fsp3) is 0.571. The summed E-state index contributed by atoms with van der Waals surface area (Å²) in [6.45, 7) is 6.63. The number of alkyl halides is 1. The highest BCUT2D eigenvalue weighted by atomic mass is 35.5. The van der Waals surface area contributed by atoms with Crippen LogP contribution in [-0.4, -0.2) is 12.5 Å². The Labute approximate surface area is 104 Å². The normalized spacial score (nSPS) is 14.9. The van der Waals surface area contributed by atoms with Crippen molar-refractivity contribution in [3.63, 3.8) is 0 Å². The number of para-hydroxylation sites is 1. The summed E-state index contributed by atoms with van der Waals surface area (Å²) in [5.74, 6) is 2.05. The van der Waals surface area contributed by atoms with Crippen molar-refractivity contribution in [1.29, 1.82) is 0 Å². The molecule has 90 valence electrons. The molecule has 1 rings (SSSR count). The second kappa shape index (κ2) is 6.15. The number of hydrogen-bond acceptors (Lipinski definition) is 1. The van der Waals surface area contributed by atoms with Crippen LogP contribution in [0.1, 0.15) is 26.3 Å². The molecule has 0 amide bonds. The van der Waals surface area contributed by atoms with Crippen molar-refractivity contribution < 1.29 is 4.74 Å². The maximum atomic E-state index is 6.43. The van der Waals surface area contributed by atoms with Crippen molar-refractivity contribution >= 4 is 11.6 Å². The third kappa shape index (κ3) is 3.41. The third-order valence-corrected chi connectivity index (χ3v) is 3.78. The van der Waals surface area contributed by atoms with Crippen LogP contribution in [0.5, 0.6) is 5.75 Å². The summed E-state index contributed by atoms with van der Waals surface area (Å²) < 4.78 is 5.33. The standard InChI is InChI=1S/C14H21ClO/c1-10(2)11(3)13(15)9-12-7-5-6-8-14(12)16-4/h5-8,10-11,13H,9H2,1-4H3. The Morgan fingerprint density at radius 2 is 1.81 bits per heavy atom. The molecular weight excluding hydrogens is 220 g/mol. The van der Waals surface area contributed by atoms with Crippen molar-refractivity contribution in [1.82, 2.24) is 0 Å². The Balaban J connectivity index is 2.72. The summed E-state index contributed by atoms with van der Waals surface area (Å²) in [5, 5.41) is 0.163. The van der Waals surface area contributed by atoms with Crippen LogP contribution in [0.3, 0.4) is 0 Å². The maximum absolute atomic E-state index is 6.43. The molecule has 1 aromatic carbocycles. The highest BCUT2D eigenvalue weighted by Crippen LogP contribution is 2.26. The third-order valence-electron chi connectivity index (χ3n) is 3.23. The summed E-state index contributed by atoms with van der Waals surface area (Å²) in [6, 6.07) is 8.08. The van der Waals surface area contributed by atoms with E-state index in [4.69, 9.17) is 16.3 Å². The van der Waals surface area contributed by atoms with E-state index in [-0.39, 0.29) is 5.38 Å². The summed E-state index contributed by atoms with van der Waals surface area (Å²) >= 11 is 6.43. The second-order valence-electron chi connectivity index (χ2n) is 4.64. The van der Waals surface area contributed by atoms with Crippen molar-refractivity contribution in [2.45, 2.75) is 32.6 Å². The van der Waals surface area contributed by atoms with Crippen LogP contribution in [0.4, 0.5) is 0 Å². The zero-order chi connectivity index (χ0) is 12.1. The molecule has 0 spiro atoms. The SMILES string of the molecule is COc1ccccc1CC(Cl)C(C)C(C)C. The summed E-state index contributed by atoms with van der Waals surface area (Å²) in [6.07, 6.45) is 0.866. The van der Waals surface area contributed by atoms with Gasteiger partial charge in [-0.2, -0.15) is 0 Å². The minimum atomic E-state index is 0.163. The van der Waals surface area contributed by atoms with Gasteiger partial charge >= 0.3 is 0 Å². The first-order valence-electron chi connectivity index (χ1n) is 5.82. The van der Waals surface area contributed by atoms with Crippen LogP contribution in [0.15, 0.2) is 24.3 Å². The van der Waals surface area contributed by atoms with E-state index in [0.29, 0.717) is 11.8 Å². The van der Waals surface area contributed by atoms with E-state index in [1.165, 1.54) is 5.56 Å². The lowest BCUT2D eigenvalue weighted by atomic mass is 9.91. The predicted molar refractivity (Wildman–Crippen MR) is 70.3 cm³/mol. The molecule has 0 saturated heterocycles. The number of methoxy groups -OCH3 is 1. The molecule has 0 N–H and O–H groups in total. The van der Waals surface area contributed by atoms with Crippen molar-refractivity contribution in [3.05, 3.63) is 29.8 Å². The van der Waals surface area contributed by atoms with Gasteiger partial charge in [-0.1, -0.05) is 39.0 Å². The van der Waals surface area contributed by atoms with E-state index in [1.807, 2.05) is 18.2 Å². The Kier molecular flexibility index (Phi) is 5.14. The highest BCUT2D eigenvalue weighted by molar-refractivity contribution is 6.20. The van der Waals surface area contributed by atoms with Crippen LogP contribution in [0.2, 0.25) is 0 Å². The van der Waals surface area contributed by atoms with Crippen LogP contribution in [0.25, 0.3) is 0 Å². The van der Waals surface area contributed by atoms with Crippen LogP contribution < -0.4 is 4.74 Å². The van der Waals surface area contributed by atoms with E-state index < -0.39 is 0 Å². The molecule has 0 bridgehead atoms. The van der Waals surface area contributed by atoms with E-state index in [2.05, 4.69) is 26.8 Å². The largest absolute Gasteiger partial charge is 0.496 e. The zero-order valence-electron chi connectivity index (χ0n) is 10.5. The molecule has 2 heteroatoms. The highest BCUT2D eigenvalue weighted by Gasteiger charge is 2.19. The van der Waals surface area contributed by atoms with Crippen molar-refractivity contribution in [2.24, 2.45) is 11.8 Å². The van der Waals surface area contributed by atoms with E-state index in [0.717, 1.165) is 12.2 Å². The van der Waals surface area contributed by atoms with Gasteiger partial charge in [-0.3, -0.25) is 0 Å². The molecule has 2 atom stereocenters. The van der Waals surface area contributed by atoms with Gasteiger partial charge in [-0.15, -0.1) is 11.6 Å². The van der Waals surface area contributed by atoms with Crippen LogP contribution in [-0.2, 0) is 6.42 Å².